The van der Waals surface area contributed by atoms with Crippen LogP contribution in [0.25, 0.3) is 167 Å². The molecular weight excluding hydrogens is 1120 g/mol. The third-order valence-electron chi connectivity index (χ3n) is 16.8. The number of hydrogen-bond acceptors (Lipinski definition) is 8. The number of aromatic nitrogens is 8. The first kappa shape index (κ1) is 54.8. The largest absolute Gasteiger partial charge is 0.248 e. The molecule has 17 aromatic rings. The molecule has 0 aliphatic rings. The standard InChI is InChI=1S/C44H28N4.C40H26N4/c1-3-11-30(12-4-1)42-28-43(31-13-5-2-6-14-31)48-44(47-42)39-25-23-33-19-21-35(27-41(33)46-39)34-20-18-32-22-24-38(45-40(32)26-34)37-17-9-15-29-10-7-8-16-36(29)37;1-4-10-27(11-5-1)34-22-20-30-16-18-32(24-36(30)41-34)33-19-17-31-21-23-35(42-37(31)25-33)40-43-38(28-12-6-2-7-13-28)26-39(44-40)29-14-8-3-9-15-29/h1-28H;1-26H. The molecule has 6 aromatic heterocycles. The first-order valence-electron chi connectivity index (χ1n) is 30.7. The van der Waals surface area contributed by atoms with Crippen molar-refractivity contribution in [1.29, 1.82) is 0 Å². The second-order valence-corrected chi connectivity index (χ2v) is 22.7. The zero-order valence-corrected chi connectivity index (χ0v) is 49.8. The van der Waals surface area contributed by atoms with E-state index in [1.54, 1.807) is 0 Å². The molecule has 0 spiro atoms. The smallest absolute Gasteiger partial charge is 0.179 e. The van der Waals surface area contributed by atoms with Gasteiger partial charge in [0.15, 0.2) is 11.6 Å². The van der Waals surface area contributed by atoms with Gasteiger partial charge in [-0.1, -0.05) is 267 Å². The third kappa shape index (κ3) is 11.3. The van der Waals surface area contributed by atoms with Gasteiger partial charge in [-0.25, -0.2) is 39.9 Å². The van der Waals surface area contributed by atoms with Gasteiger partial charge in [-0.05, 0) is 93.7 Å². The monoisotopic (exact) mass is 1170 g/mol. The van der Waals surface area contributed by atoms with E-state index in [4.69, 9.17) is 39.9 Å². The Hall–Kier alpha value is -12.5. The highest BCUT2D eigenvalue weighted by Gasteiger charge is 2.16. The van der Waals surface area contributed by atoms with Crippen LogP contribution in [0.15, 0.2) is 328 Å². The van der Waals surface area contributed by atoms with E-state index in [1.165, 1.54) is 10.8 Å². The second-order valence-electron chi connectivity index (χ2n) is 22.7. The number of rotatable bonds is 10. The van der Waals surface area contributed by atoms with E-state index in [1.807, 2.05) is 115 Å². The Balaban J connectivity index is 0.000000147. The molecule has 0 fully saturated rings. The van der Waals surface area contributed by atoms with Crippen LogP contribution in [0.2, 0.25) is 0 Å². The first-order valence-corrected chi connectivity index (χ1v) is 30.7. The summed E-state index contributed by atoms with van der Waals surface area (Å²) in [5.74, 6) is 1.19. The summed E-state index contributed by atoms with van der Waals surface area (Å²) in [7, 11) is 0. The molecule has 0 aliphatic carbocycles. The van der Waals surface area contributed by atoms with Crippen LogP contribution in [-0.4, -0.2) is 39.9 Å². The Morgan fingerprint density at radius 1 is 0.152 bits per heavy atom. The Morgan fingerprint density at radius 3 is 0.815 bits per heavy atom. The zero-order valence-electron chi connectivity index (χ0n) is 49.8. The highest BCUT2D eigenvalue weighted by molar-refractivity contribution is 5.98. The van der Waals surface area contributed by atoms with Crippen LogP contribution < -0.4 is 0 Å². The second kappa shape index (κ2) is 24.2. The average molecular weight is 1180 g/mol. The van der Waals surface area contributed by atoms with E-state index in [0.717, 1.165) is 145 Å². The maximum absolute atomic E-state index is 5.13. The minimum Gasteiger partial charge on any atom is -0.248 e. The lowest BCUT2D eigenvalue weighted by Gasteiger charge is -2.10. The summed E-state index contributed by atoms with van der Waals surface area (Å²) in [5, 5.41) is 6.75. The minimum absolute atomic E-state index is 0.596. The van der Waals surface area contributed by atoms with Crippen molar-refractivity contribution in [3.8, 4) is 113 Å². The number of hydrogen-bond donors (Lipinski definition) is 0. The lowest BCUT2D eigenvalue weighted by atomic mass is 9.99. The first-order chi connectivity index (χ1) is 45.5. The van der Waals surface area contributed by atoms with Gasteiger partial charge in [-0.2, -0.15) is 0 Å². The predicted octanol–water partition coefficient (Wildman–Crippen LogP) is 21.0. The van der Waals surface area contributed by atoms with E-state index in [0.29, 0.717) is 11.6 Å². The van der Waals surface area contributed by atoms with Crippen molar-refractivity contribution < 1.29 is 0 Å². The van der Waals surface area contributed by atoms with Gasteiger partial charge >= 0.3 is 0 Å². The summed E-state index contributed by atoms with van der Waals surface area (Å²) in [5.41, 5.74) is 21.3. The molecule has 6 heterocycles. The fourth-order valence-corrected chi connectivity index (χ4v) is 12.0. The van der Waals surface area contributed by atoms with Crippen molar-refractivity contribution >= 4 is 54.4 Å². The van der Waals surface area contributed by atoms with Gasteiger partial charge in [-0.15, -0.1) is 0 Å². The van der Waals surface area contributed by atoms with Crippen molar-refractivity contribution in [2.75, 3.05) is 0 Å². The van der Waals surface area contributed by atoms with Crippen molar-refractivity contribution in [2.45, 2.75) is 0 Å². The topological polar surface area (TPSA) is 103 Å². The van der Waals surface area contributed by atoms with Crippen molar-refractivity contribution in [3.63, 3.8) is 0 Å². The molecule has 0 bridgehead atoms. The maximum atomic E-state index is 5.13. The Morgan fingerprint density at radius 2 is 0.435 bits per heavy atom. The molecule has 0 amide bonds. The summed E-state index contributed by atoms with van der Waals surface area (Å²) >= 11 is 0. The summed E-state index contributed by atoms with van der Waals surface area (Å²) in [6.45, 7) is 0. The minimum atomic E-state index is 0.596. The lowest BCUT2D eigenvalue weighted by Crippen LogP contribution is -1.97. The van der Waals surface area contributed by atoms with Gasteiger partial charge in [0.2, 0.25) is 0 Å². The van der Waals surface area contributed by atoms with E-state index in [-0.39, 0.29) is 0 Å². The molecule has 8 heteroatoms. The summed E-state index contributed by atoms with van der Waals surface area (Å²) in [6, 6.07) is 113. The normalized spacial score (nSPS) is 11.3. The molecule has 0 N–H and O–H groups in total. The molecular formula is C84H54N8. The summed E-state index contributed by atoms with van der Waals surface area (Å²) in [4.78, 5) is 40.2. The van der Waals surface area contributed by atoms with E-state index in [9.17, 15) is 0 Å². The molecule has 0 saturated heterocycles. The van der Waals surface area contributed by atoms with E-state index >= 15 is 0 Å². The highest BCUT2D eigenvalue weighted by atomic mass is 14.9. The van der Waals surface area contributed by atoms with E-state index in [2.05, 4.69) is 212 Å². The van der Waals surface area contributed by atoms with Crippen LogP contribution in [0.4, 0.5) is 0 Å². The highest BCUT2D eigenvalue weighted by Crippen LogP contribution is 2.35. The molecule has 8 nitrogen and oxygen atoms in total. The van der Waals surface area contributed by atoms with E-state index < -0.39 is 0 Å². The Kier molecular flexibility index (Phi) is 14.4. The van der Waals surface area contributed by atoms with Gasteiger partial charge in [-0.3, -0.25) is 0 Å². The Bertz CT molecular complexity index is 5450. The zero-order chi connectivity index (χ0) is 61.2. The average Bonchev–Trinajstić information content (AvgIpc) is 0.870. The number of benzene rings is 11. The molecule has 430 valence electrons. The molecule has 0 radical (unpaired) electrons. The predicted molar refractivity (Wildman–Crippen MR) is 377 cm³/mol. The lowest BCUT2D eigenvalue weighted by molar-refractivity contribution is 1.16. The number of nitrogens with zero attached hydrogens (tertiary/aromatic N) is 8. The molecule has 11 aromatic carbocycles. The molecule has 0 saturated carbocycles. The van der Waals surface area contributed by atoms with Crippen LogP contribution in [-0.2, 0) is 0 Å². The van der Waals surface area contributed by atoms with Crippen LogP contribution in [0, 0.1) is 0 Å². The molecule has 0 unspecified atom stereocenters. The van der Waals surface area contributed by atoms with Crippen LogP contribution >= 0.6 is 0 Å². The fraction of sp³-hybridized carbons (Fsp3) is 0. The maximum Gasteiger partial charge on any atom is 0.179 e. The molecule has 0 aliphatic heterocycles. The van der Waals surface area contributed by atoms with Gasteiger partial charge in [0.1, 0.15) is 11.4 Å². The number of pyridine rings is 4. The third-order valence-corrected chi connectivity index (χ3v) is 16.8. The molecule has 92 heavy (non-hydrogen) atoms. The van der Waals surface area contributed by atoms with Crippen LogP contribution in [0.1, 0.15) is 0 Å². The summed E-state index contributed by atoms with van der Waals surface area (Å²) in [6.07, 6.45) is 0. The van der Waals surface area contributed by atoms with Crippen molar-refractivity contribution in [3.05, 3.63) is 328 Å². The number of fused-ring (bicyclic) bond motifs is 5. The van der Waals surface area contributed by atoms with Gasteiger partial charge in [0.05, 0.1) is 56.2 Å². The SMILES string of the molecule is c1ccc(-c2cc(-c3ccccc3)nc(-c3ccc4ccc(-c5ccc6ccc(-c7cccc8ccccc78)nc6c5)cc4n3)n2)cc1.c1ccc(-c2cc(-c3ccccc3)nc(-c3ccc4ccc(-c5ccc6ccc(-c7ccccc7)nc6c5)cc4n3)n2)cc1. The van der Waals surface area contributed by atoms with Crippen LogP contribution in [0.3, 0.4) is 0 Å². The molecule has 17 rings (SSSR count). The van der Waals surface area contributed by atoms with Crippen molar-refractivity contribution in [2.24, 2.45) is 0 Å². The van der Waals surface area contributed by atoms with Gasteiger partial charge in [0.25, 0.3) is 0 Å². The van der Waals surface area contributed by atoms with Gasteiger partial charge in [0, 0.05) is 54.9 Å². The quantitative estimate of drug-likeness (QED) is 0.133. The molecule has 0 atom stereocenters. The Labute approximate surface area is 531 Å². The van der Waals surface area contributed by atoms with Crippen molar-refractivity contribution in [1.82, 2.24) is 39.9 Å². The summed E-state index contributed by atoms with van der Waals surface area (Å²) < 4.78 is 0. The van der Waals surface area contributed by atoms with Gasteiger partial charge < -0.3 is 0 Å². The van der Waals surface area contributed by atoms with Crippen LogP contribution in [0.5, 0.6) is 0 Å². The fourth-order valence-electron chi connectivity index (χ4n) is 12.0.